The molecule has 1 aliphatic heterocycles. The van der Waals surface area contributed by atoms with Crippen molar-refractivity contribution in [1.29, 1.82) is 0 Å². The minimum Gasteiger partial charge on any atom is -0.369 e. The predicted molar refractivity (Wildman–Crippen MR) is 125 cm³/mol. The highest BCUT2D eigenvalue weighted by Crippen LogP contribution is 2.43. The maximum Gasteiger partial charge on any atom is 0.231 e. The van der Waals surface area contributed by atoms with Crippen LogP contribution in [-0.4, -0.2) is 50.0 Å². The number of rotatable bonds is 5. The summed E-state index contributed by atoms with van der Waals surface area (Å²) in [5, 5.41) is 4.34. The van der Waals surface area contributed by atoms with E-state index in [1.165, 1.54) is 26.4 Å². The van der Waals surface area contributed by atoms with Crippen LogP contribution in [0.25, 0.3) is 27.1 Å². The highest BCUT2D eigenvalue weighted by Gasteiger charge is 2.25. The Morgan fingerprint density at radius 2 is 2.10 bits per heavy atom. The number of likely N-dealkylation sites (tertiary alicyclic amines) is 1. The summed E-state index contributed by atoms with van der Waals surface area (Å²) in [6, 6.07) is 4.53. The topological polar surface area (TPSA) is 92.3 Å². The van der Waals surface area contributed by atoms with E-state index in [1.54, 1.807) is 6.33 Å². The quantitative estimate of drug-likeness (QED) is 0.494. The lowest BCUT2D eigenvalue weighted by molar-refractivity contribution is -0.119. The lowest BCUT2D eigenvalue weighted by Crippen LogP contribution is -2.38. The van der Waals surface area contributed by atoms with Gasteiger partial charge in [0.1, 0.15) is 6.33 Å². The Bertz CT molecular complexity index is 1260. The van der Waals surface area contributed by atoms with E-state index in [1.807, 2.05) is 15.9 Å². The molecule has 7 nitrogen and oxygen atoms in total. The molecule has 0 saturated carbocycles. The largest absolute Gasteiger partial charge is 0.369 e. The number of piperidine rings is 1. The Morgan fingerprint density at radius 1 is 1.32 bits per heavy atom. The molecule has 1 saturated heterocycles. The van der Waals surface area contributed by atoms with Gasteiger partial charge in [0.15, 0.2) is 5.65 Å². The van der Waals surface area contributed by atoms with Crippen LogP contribution in [-0.2, 0) is 4.79 Å². The van der Waals surface area contributed by atoms with Gasteiger partial charge in [-0.15, -0.1) is 11.3 Å². The summed E-state index contributed by atoms with van der Waals surface area (Å²) in [6.45, 7) is 8.83. The lowest BCUT2D eigenvalue weighted by atomic mass is 9.95. The van der Waals surface area contributed by atoms with Gasteiger partial charge in [-0.05, 0) is 68.0 Å². The monoisotopic (exact) mass is 436 g/mol. The predicted octanol–water partition coefficient (Wildman–Crippen LogP) is 4.04. The van der Waals surface area contributed by atoms with Crippen molar-refractivity contribution in [3.63, 3.8) is 0 Å². The van der Waals surface area contributed by atoms with Crippen molar-refractivity contribution in [1.82, 2.24) is 24.5 Å². The minimum absolute atomic E-state index is 0.240. The van der Waals surface area contributed by atoms with Crippen molar-refractivity contribution in [2.75, 3.05) is 19.6 Å². The van der Waals surface area contributed by atoms with Crippen molar-refractivity contribution in [2.24, 2.45) is 5.73 Å². The van der Waals surface area contributed by atoms with E-state index < -0.39 is 0 Å². The van der Waals surface area contributed by atoms with Crippen molar-refractivity contribution in [2.45, 2.75) is 45.4 Å². The zero-order chi connectivity index (χ0) is 21.7. The number of nitrogens with two attached hydrogens (primary N) is 1. The molecule has 4 aromatic rings. The number of fused-ring (bicyclic) bond motifs is 2. The molecule has 1 fully saturated rings. The van der Waals surface area contributed by atoms with E-state index in [9.17, 15) is 4.79 Å². The molecule has 0 radical (unpaired) electrons. The van der Waals surface area contributed by atoms with Crippen LogP contribution >= 0.6 is 11.3 Å². The molecule has 5 heterocycles. The number of aryl methyl sites for hydroxylation is 1. The average molecular weight is 437 g/mol. The Hall–Kier alpha value is -2.71. The van der Waals surface area contributed by atoms with Gasteiger partial charge in [0.25, 0.3) is 0 Å². The van der Waals surface area contributed by atoms with E-state index in [4.69, 9.17) is 5.73 Å². The number of nitrogens with one attached hydrogen (secondary N) is 1. The summed E-state index contributed by atoms with van der Waals surface area (Å²) in [4.78, 5) is 22.9. The van der Waals surface area contributed by atoms with Crippen molar-refractivity contribution in [3.8, 4) is 11.3 Å². The van der Waals surface area contributed by atoms with Crippen molar-refractivity contribution in [3.05, 3.63) is 40.7 Å². The number of amides is 1. The minimum atomic E-state index is -0.240. The number of aromatic nitrogens is 4. The molecule has 0 bridgehead atoms. The van der Waals surface area contributed by atoms with Crippen LogP contribution in [0.5, 0.6) is 0 Å². The highest BCUT2D eigenvalue weighted by molar-refractivity contribution is 7.19. The van der Waals surface area contributed by atoms with Gasteiger partial charge in [0.2, 0.25) is 5.91 Å². The van der Waals surface area contributed by atoms with Gasteiger partial charge in [0.05, 0.1) is 22.5 Å². The van der Waals surface area contributed by atoms with Crippen LogP contribution in [0.4, 0.5) is 0 Å². The molecule has 4 aromatic heterocycles. The summed E-state index contributed by atoms with van der Waals surface area (Å²) in [6.07, 6.45) is 5.81. The smallest absolute Gasteiger partial charge is 0.231 e. The van der Waals surface area contributed by atoms with Gasteiger partial charge in [-0.1, -0.05) is 13.8 Å². The fraction of sp³-hybridized carbons (Fsp3) is 0.435. The standard InChI is InChI=1S/C23H28N6OS/c1-13(2)20-21(16-8-14(3)23-25-12-26-29(23)10-16)27-17-9-18(31-22(17)20)15-4-6-28(7-5-15)11-19(24)30/h8-10,12-13,15,27H,4-7,11H2,1-3H3,(H2,24,30). The van der Waals surface area contributed by atoms with Crippen molar-refractivity contribution < 1.29 is 4.79 Å². The molecule has 0 aromatic carbocycles. The number of hydrogen-bond donors (Lipinski definition) is 2. The number of carbonyl (C=O) groups is 1. The zero-order valence-electron chi connectivity index (χ0n) is 18.2. The molecule has 0 spiro atoms. The van der Waals surface area contributed by atoms with Crippen LogP contribution in [0, 0.1) is 6.92 Å². The summed E-state index contributed by atoms with van der Waals surface area (Å²) < 4.78 is 3.21. The molecule has 3 N–H and O–H groups in total. The Labute approximate surface area is 185 Å². The Balaban J connectivity index is 1.49. The Morgan fingerprint density at radius 3 is 2.81 bits per heavy atom. The number of carbonyl (C=O) groups excluding carboxylic acids is 1. The number of pyridine rings is 1. The third kappa shape index (κ3) is 3.64. The van der Waals surface area contributed by atoms with Gasteiger partial charge in [-0.25, -0.2) is 9.50 Å². The van der Waals surface area contributed by atoms with Crippen molar-refractivity contribution >= 4 is 33.1 Å². The Kier molecular flexibility index (Phi) is 5.06. The first-order chi connectivity index (χ1) is 14.9. The number of hydrogen-bond acceptors (Lipinski definition) is 5. The molecule has 0 unspecified atom stereocenters. The summed E-state index contributed by atoms with van der Waals surface area (Å²) in [7, 11) is 0. The van der Waals surface area contributed by atoms with Gasteiger partial charge in [-0.2, -0.15) is 5.10 Å². The third-order valence-corrected chi connectivity index (χ3v) is 7.65. The van der Waals surface area contributed by atoms with Gasteiger partial charge in [0, 0.05) is 16.6 Å². The number of primary amides is 1. The van der Waals surface area contributed by atoms with E-state index in [0.717, 1.165) is 42.7 Å². The molecular formula is C23H28N6OS. The molecule has 0 aliphatic carbocycles. The first-order valence-corrected chi connectivity index (χ1v) is 11.7. The van der Waals surface area contributed by atoms with E-state index in [-0.39, 0.29) is 5.91 Å². The van der Waals surface area contributed by atoms with Gasteiger partial charge < -0.3 is 10.7 Å². The molecule has 31 heavy (non-hydrogen) atoms. The molecule has 1 aliphatic rings. The zero-order valence-corrected chi connectivity index (χ0v) is 19.0. The molecule has 162 valence electrons. The number of H-pyrrole nitrogens is 1. The first-order valence-electron chi connectivity index (χ1n) is 10.9. The normalized spacial score (nSPS) is 16.1. The van der Waals surface area contributed by atoms with E-state index in [2.05, 4.69) is 59.1 Å². The van der Waals surface area contributed by atoms with E-state index >= 15 is 0 Å². The van der Waals surface area contributed by atoms with Crippen LogP contribution in [0.1, 0.15) is 54.5 Å². The van der Waals surface area contributed by atoms with Crippen LogP contribution < -0.4 is 5.73 Å². The summed E-state index contributed by atoms with van der Waals surface area (Å²) in [5.74, 6) is 0.711. The maximum absolute atomic E-state index is 11.2. The average Bonchev–Trinajstić information content (AvgIpc) is 3.41. The second-order valence-electron chi connectivity index (χ2n) is 8.92. The SMILES string of the molecule is Cc1cc(-c2[nH]c3cc(C4CCN(CC(N)=O)CC4)sc3c2C(C)C)cn2ncnc12. The second kappa shape index (κ2) is 7.76. The molecule has 1 amide bonds. The summed E-state index contributed by atoms with van der Waals surface area (Å²) >= 11 is 1.92. The van der Waals surface area contributed by atoms with Gasteiger partial charge in [-0.3, -0.25) is 9.69 Å². The summed E-state index contributed by atoms with van der Waals surface area (Å²) in [5.41, 5.74) is 12.3. The second-order valence-corrected chi connectivity index (χ2v) is 10.0. The lowest BCUT2D eigenvalue weighted by Gasteiger charge is -2.30. The van der Waals surface area contributed by atoms with Gasteiger partial charge >= 0.3 is 0 Å². The number of aromatic amines is 1. The third-order valence-electron chi connectivity index (χ3n) is 6.32. The molecule has 0 atom stereocenters. The van der Waals surface area contributed by atoms with E-state index in [0.29, 0.717) is 18.4 Å². The van der Waals surface area contributed by atoms with Crippen LogP contribution in [0.3, 0.4) is 0 Å². The number of nitrogens with zero attached hydrogens (tertiary/aromatic N) is 4. The van der Waals surface area contributed by atoms with Crippen LogP contribution in [0.2, 0.25) is 0 Å². The first kappa shape index (κ1) is 20.2. The fourth-order valence-corrected chi connectivity index (χ4v) is 6.31. The number of thiophene rings is 1. The highest BCUT2D eigenvalue weighted by atomic mass is 32.1. The molecule has 5 rings (SSSR count). The maximum atomic E-state index is 11.2. The fourth-order valence-electron chi connectivity index (χ4n) is 4.82. The molecular weight excluding hydrogens is 408 g/mol. The van der Waals surface area contributed by atoms with Crippen LogP contribution in [0.15, 0.2) is 24.7 Å². The molecule has 8 heteroatoms.